The number of nitrogens with zero attached hydrogens (tertiary/aromatic N) is 2. The largest absolute Gasteiger partial charge is 0.481 e. The van der Waals surface area contributed by atoms with Crippen LogP contribution in [0.25, 0.3) is 0 Å². The summed E-state index contributed by atoms with van der Waals surface area (Å²) in [5, 5.41) is 11.5. The lowest BCUT2D eigenvalue weighted by Gasteiger charge is -2.13. The maximum absolute atomic E-state index is 12.9. The maximum Gasteiger partial charge on any atom is 0.308 e. The van der Waals surface area contributed by atoms with E-state index in [1.807, 2.05) is 0 Å². The molecule has 120 valence electrons. The molecule has 2 aromatic rings. The Bertz CT molecular complexity index is 729. The summed E-state index contributed by atoms with van der Waals surface area (Å²) in [5.41, 5.74) is 1.27. The van der Waals surface area contributed by atoms with E-state index in [-0.39, 0.29) is 18.3 Å². The molecule has 0 aliphatic carbocycles. The topological polar surface area (TPSA) is 70.5 Å². The Kier molecular flexibility index (Phi) is 4.38. The van der Waals surface area contributed by atoms with E-state index in [0.717, 1.165) is 10.6 Å². The van der Waals surface area contributed by atoms with E-state index in [4.69, 9.17) is 5.11 Å². The van der Waals surface area contributed by atoms with Crippen LogP contribution in [0.3, 0.4) is 0 Å². The highest BCUT2D eigenvalue weighted by Gasteiger charge is 2.32. The van der Waals surface area contributed by atoms with Crippen molar-refractivity contribution < 1.29 is 19.1 Å². The molecule has 0 bridgehead atoms. The molecule has 1 atom stereocenters. The van der Waals surface area contributed by atoms with Crippen molar-refractivity contribution in [3.8, 4) is 0 Å². The summed E-state index contributed by atoms with van der Waals surface area (Å²) >= 11 is 1.37. The fraction of sp³-hybridized carbons (Fsp3) is 0.312. The number of carbonyl (C=O) groups is 2. The number of halogens is 1. The molecular weight excluding hydrogens is 319 g/mol. The third-order valence-electron chi connectivity index (χ3n) is 3.86. The molecule has 2 heterocycles. The van der Waals surface area contributed by atoms with Crippen LogP contribution in [0, 0.1) is 11.7 Å². The first kappa shape index (κ1) is 15.6. The number of hydrogen-bond acceptors (Lipinski definition) is 4. The molecule has 1 amide bonds. The van der Waals surface area contributed by atoms with Crippen LogP contribution in [0.1, 0.15) is 27.5 Å². The second-order valence-corrected chi connectivity index (χ2v) is 6.45. The lowest BCUT2D eigenvalue weighted by molar-refractivity contribution is -0.141. The molecule has 3 rings (SSSR count). The van der Waals surface area contributed by atoms with Gasteiger partial charge >= 0.3 is 5.97 Å². The van der Waals surface area contributed by atoms with Gasteiger partial charge in [0.15, 0.2) is 0 Å². The van der Waals surface area contributed by atoms with Crippen molar-refractivity contribution >= 4 is 23.2 Å². The first-order valence-electron chi connectivity index (χ1n) is 7.24. The van der Waals surface area contributed by atoms with Crippen molar-refractivity contribution in [2.45, 2.75) is 12.8 Å². The van der Waals surface area contributed by atoms with Gasteiger partial charge in [-0.25, -0.2) is 9.37 Å². The van der Waals surface area contributed by atoms with E-state index in [0.29, 0.717) is 25.1 Å². The summed E-state index contributed by atoms with van der Waals surface area (Å²) in [6.45, 7) is 0.680. The Morgan fingerprint density at radius 1 is 1.35 bits per heavy atom. The Hall–Kier alpha value is -2.28. The summed E-state index contributed by atoms with van der Waals surface area (Å²) in [6.07, 6.45) is 1.02. The van der Waals surface area contributed by atoms with Crippen molar-refractivity contribution in [2.75, 3.05) is 13.1 Å². The summed E-state index contributed by atoms with van der Waals surface area (Å²) in [6, 6.07) is 6.17. The molecule has 23 heavy (non-hydrogen) atoms. The number of aromatic nitrogens is 1. The molecule has 0 spiro atoms. The lowest BCUT2D eigenvalue weighted by Crippen LogP contribution is -2.30. The van der Waals surface area contributed by atoms with E-state index in [9.17, 15) is 14.0 Å². The zero-order valence-corrected chi connectivity index (χ0v) is 13.1. The van der Waals surface area contributed by atoms with Crippen molar-refractivity contribution in [3.05, 3.63) is 51.7 Å². The van der Waals surface area contributed by atoms with Crippen LogP contribution < -0.4 is 0 Å². The number of aliphatic carboxylic acids is 1. The predicted molar refractivity (Wildman–Crippen MR) is 83.0 cm³/mol. The normalized spacial score (nSPS) is 17.4. The van der Waals surface area contributed by atoms with Crippen LogP contribution in [-0.4, -0.2) is 40.0 Å². The van der Waals surface area contributed by atoms with Gasteiger partial charge in [0.1, 0.15) is 11.5 Å². The van der Waals surface area contributed by atoms with E-state index in [2.05, 4.69) is 4.98 Å². The zero-order chi connectivity index (χ0) is 16.4. The van der Waals surface area contributed by atoms with E-state index < -0.39 is 11.9 Å². The van der Waals surface area contributed by atoms with Gasteiger partial charge in [0.25, 0.3) is 5.91 Å². The zero-order valence-electron chi connectivity index (χ0n) is 12.2. The molecule has 1 unspecified atom stereocenters. The monoisotopic (exact) mass is 334 g/mol. The highest BCUT2D eigenvalue weighted by Crippen LogP contribution is 2.21. The second-order valence-electron chi connectivity index (χ2n) is 5.50. The van der Waals surface area contributed by atoms with Gasteiger partial charge in [-0.05, 0) is 24.1 Å². The number of carboxylic acid groups (broad SMARTS) is 1. The van der Waals surface area contributed by atoms with E-state index in [1.165, 1.54) is 28.4 Å². The molecule has 0 saturated carbocycles. The summed E-state index contributed by atoms with van der Waals surface area (Å²) in [7, 11) is 0. The fourth-order valence-corrected chi connectivity index (χ4v) is 3.38. The van der Waals surface area contributed by atoms with E-state index in [1.54, 1.807) is 17.5 Å². The van der Waals surface area contributed by atoms with Crippen LogP contribution in [-0.2, 0) is 11.2 Å². The standard InChI is InChI=1S/C16H15FN2O3S/c17-12-3-1-10(2-4-12)7-14-18-13(9-23-14)15(20)19-6-5-11(8-19)16(21)22/h1-4,9,11H,5-8H2,(H,21,22). The Morgan fingerprint density at radius 3 is 2.74 bits per heavy atom. The summed E-state index contributed by atoms with van der Waals surface area (Å²) in [4.78, 5) is 29.2. The van der Waals surface area contributed by atoms with Gasteiger partial charge in [0.2, 0.25) is 0 Å². The highest BCUT2D eigenvalue weighted by atomic mass is 32.1. The van der Waals surface area contributed by atoms with Gasteiger partial charge in [-0.1, -0.05) is 12.1 Å². The number of benzene rings is 1. The average Bonchev–Trinajstić information content (AvgIpc) is 3.18. The molecule has 1 fully saturated rings. The van der Waals surface area contributed by atoms with Gasteiger partial charge in [-0.2, -0.15) is 0 Å². The van der Waals surface area contributed by atoms with Crippen molar-refractivity contribution in [2.24, 2.45) is 5.92 Å². The summed E-state index contributed by atoms with van der Waals surface area (Å²) in [5.74, 6) is -1.87. The molecule has 1 aromatic carbocycles. The van der Waals surface area contributed by atoms with Crippen molar-refractivity contribution in [1.82, 2.24) is 9.88 Å². The first-order valence-corrected chi connectivity index (χ1v) is 8.12. The Morgan fingerprint density at radius 2 is 2.09 bits per heavy atom. The van der Waals surface area contributed by atoms with Crippen LogP contribution in [0.15, 0.2) is 29.6 Å². The van der Waals surface area contributed by atoms with Crippen LogP contribution in [0.5, 0.6) is 0 Å². The minimum atomic E-state index is -0.865. The van der Waals surface area contributed by atoms with Crippen LogP contribution in [0.2, 0.25) is 0 Å². The number of hydrogen-bond donors (Lipinski definition) is 1. The van der Waals surface area contributed by atoms with Crippen molar-refractivity contribution in [1.29, 1.82) is 0 Å². The molecule has 0 radical (unpaired) electrons. The Labute approximate surface area is 136 Å². The maximum atomic E-state index is 12.9. The molecule has 1 aliphatic rings. The minimum absolute atomic E-state index is 0.227. The third kappa shape index (κ3) is 3.56. The first-order chi connectivity index (χ1) is 11.0. The number of rotatable bonds is 4. The SMILES string of the molecule is O=C(O)C1CCN(C(=O)c2csc(Cc3ccc(F)cc3)n2)C1. The second kappa shape index (κ2) is 6.45. The average molecular weight is 334 g/mol. The molecule has 1 aliphatic heterocycles. The Balaban J connectivity index is 1.66. The number of thiazole rings is 1. The molecule has 1 N–H and O–H groups in total. The van der Waals surface area contributed by atoms with Gasteiger partial charge in [-0.3, -0.25) is 9.59 Å². The molecule has 7 heteroatoms. The molecule has 1 aromatic heterocycles. The lowest BCUT2D eigenvalue weighted by atomic mass is 10.1. The third-order valence-corrected chi connectivity index (χ3v) is 4.71. The number of likely N-dealkylation sites (tertiary alicyclic amines) is 1. The van der Waals surface area contributed by atoms with Gasteiger partial charge < -0.3 is 10.0 Å². The molecular formula is C16H15FN2O3S. The van der Waals surface area contributed by atoms with Crippen LogP contribution in [0.4, 0.5) is 4.39 Å². The van der Waals surface area contributed by atoms with Crippen LogP contribution >= 0.6 is 11.3 Å². The van der Waals surface area contributed by atoms with E-state index >= 15 is 0 Å². The van der Waals surface area contributed by atoms with Gasteiger partial charge in [-0.15, -0.1) is 11.3 Å². The fourth-order valence-electron chi connectivity index (χ4n) is 2.58. The van der Waals surface area contributed by atoms with Gasteiger partial charge in [0, 0.05) is 24.9 Å². The number of amides is 1. The summed E-state index contributed by atoms with van der Waals surface area (Å²) < 4.78 is 12.9. The highest BCUT2D eigenvalue weighted by molar-refractivity contribution is 7.09. The smallest absolute Gasteiger partial charge is 0.308 e. The number of carbonyl (C=O) groups excluding carboxylic acids is 1. The molecule has 5 nitrogen and oxygen atoms in total. The van der Waals surface area contributed by atoms with Gasteiger partial charge in [0.05, 0.1) is 10.9 Å². The minimum Gasteiger partial charge on any atom is -0.481 e. The predicted octanol–water partition coefficient (Wildman–Crippen LogP) is 2.42. The van der Waals surface area contributed by atoms with Crippen molar-refractivity contribution in [3.63, 3.8) is 0 Å². The number of carboxylic acids is 1. The molecule has 1 saturated heterocycles. The quantitative estimate of drug-likeness (QED) is 0.932.